The molecule has 2 heterocycles. The number of hydrogen-bond donors (Lipinski definition) is 1. The molecule has 2 N–H and O–H groups in total. The average molecular weight is 392 g/mol. The van der Waals surface area contributed by atoms with Crippen LogP contribution in [-0.4, -0.2) is 27.5 Å². The molecule has 1 aliphatic rings. The molecule has 140 valence electrons. The van der Waals surface area contributed by atoms with E-state index >= 15 is 0 Å². The second-order valence-corrected chi connectivity index (χ2v) is 7.16. The van der Waals surface area contributed by atoms with Gasteiger partial charge in [-0.25, -0.2) is 0 Å². The van der Waals surface area contributed by atoms with Gasteiger partial charge < -0.3 is 10.5 Å². The molecule has 0 aliphatic heterocycles. The Balaban J connectivity index is 1.75. The molecular formula is C20H16N4O3S. The molecule has 0 atom stereocenters. The Morgan fingerprint density at radius 3 is 2.75 bits per heavy atom. The number of nitrogens with two attached hydrogens (primary N) is 1. The zero-order valence-corrected chi connectivity index (χ0v) is 15.8. The van der Waals surface area contributed by atoms with Crippen molar-refractivity contribution < 1.29 is 9.53 Å². The molecule has 28 heavy (non-hydrogen) atoms. The van der Waals surface area contributed by atoms with Gasteiger partial charge in [-0.3, -0.25) is 9.59 Å². The Bertz CT molecular complexity index is 1220. The smallest absolute Gasteiger partial charge is 0.283 e. The number of benzene rings is 1. The number of nitrogen functional groups attached to an aromatic ring is 1. The molecule has 0 saturated carbocycles. The Labute approximate surface area is 164 Å². The number of hydrogen-bond acceptors (Lipinski definition) is 7. The zero-order chi connectivity index (χ0) is 19.7. The normalized spacial score (nSPS) is 15.2. The first-order chi connectivity index (χ1) is 13.5. The molecule has 8 heteroatoms. The largest absolute Gasteiger partial charge is 0.493 e. The van der Waals surface area contributed by atoms with E-state index in [9.17, 15) is 9.59 Å². The molecule has 0 radical (unpaired) electrons. The third-order valence-electron chi connectivity index (χ3n) is 4.23. The number of methoxy groups -OCH3 is 1. The van der Waals surface area contributed by atoms with Crippen molar-refractivity contribution >= 4 is 34.0 Å². The highest BCUT2D eigenvalue weighted by atomic mass is 32.1. The number of anilines is 1. The standard InChI is InChI=1S/C20H16N4O3S/c1-27-16-10-13(7-8-15(16)25)9-14-18(21)24-20(22-19(14)26)28-17(23-24)11-12-5-3-2-4-6-12/h2-10H,11,21H2,1H3/b13-9+. The van der Waals surface area contributed by atoms with Gasteiger partial charge >= 0.3 is 0 Å². The minimum absolute atomic E-state index is 0.195. The van der Waals surface area contributed by atoms with E-state index in [1.165, 1.54) is 29.0 Å². The topological polar surface area (TPSA) is 99.6 Å². The summed E-state index contributed by atoms with van der Waals surface area (Å²) in [6.07, 6.45) is 6.74. The number of allylic oxidation sites excluding steroid dienone is 4. The van der Waals surface area contributed by atoms with Crippen molar-refractivity contribution in [1.29, 1.82) is 0 Å². The summed E-state index contributed by atoms with van der Waals surface area (Å²) in [6.45, 7) is 0. The Morgan fingerprint density at radius 1 is 1.21 bits per heavy atom. The molecule has 0 fully saturated rings. The van der Waals surface area contributed by atoms with Gasteiger partial charge in [-0.05, 0) is 29.4 Å². The van der Waals surface area contributed by atoms with Crippen LogP contribution < -0.4 is 11.3 Å². The van der Waals surface area contributed by atoms with Crippen LogP contribution in [0.2, 0.25) is 0 Å². The maximum absolute atomic E-state index is 12.5. The third-order valence-corrected chi connectivity index (χ3v) is 5.14. The van der Waals surface area contributed by atoms with E-state index in [-0.39, 0.29) is 22.9 Å². The summed E-state index contributed by atoms with van der Waals surface area (Å²) in [5.74, 6) is 0.166. The SMILES string of the molecule is COC1=C/C(=C/c2c(N)n3nc(Cc4ccccc4)sc3nc2=O)C=CC1=O. The van der Waals surface area contributed by atoms with Gasteiger partial charge in [0.15, 0.2) is 5.76 Å². The van der Waals surface area contributed by atoms with E-state index < -0.39 is 5.56 Å². The van der Waals surface area contributed by atoms with Gasteiger partial charge in [0.1, 0.15) is 10.8 Å². The van der Waals surface area contributed by atoms with E-state index in [2.05, 4.69) is 10.1 Å². The van der Waals surface area contributed by atoms with E-state index in [1.54, 1.807) is 18.2 Å². The van der Waals surface area contributed by atoms with Crippen molar-refractivity contribution in [2.75, 3.05) is 12.8 Å². The molecular weight excluding hydrogens is 376 g/mol. The highest BCUT2D eigenvalue weighted by Crippen LogP contribution is 2.22. The van der Waals surface area contributed by atoms with Gasteiger partial charge in [-0.15, -0.1) is 0 Å². The maximum atomic E-state index is 12.5. The Morgan fingerprint density at radius 2 is 2.00 bits per heavy atom. The summed E-state index contributed by atoms with van der Waals surface area (Å²) in [5, 5.41) is 5.32. The van der Waals surface area contributed by atoms with Gasteiger partial charge in [0.25, 0.3) is 5.56 Å². The molecule has 4 rings (SSSR count). The van der Waals surface area contributed by atoms with Crippen LogP contribution in [-0.2, 0) is 16.0 Å². The molecule has 0 unspecified atom stereocenters. The summed E-state index contributed by atoms with van der Waals surface area (Å²) >= 11 is 1.33. The molecule has 0 spiro atoms. The number of ketones is 1. The minimum Gasteiger partial charge on any atom is -0.493 e. The molecule has 7 nitrogen and oxygen atoms in total. The summed E-state index contributed by atoms with van der Waals surface area (Å²) < 4.78 is 6.52. The number of carbonyl (C=O) groups is 1. The number of aromatic nitrogens is 3. The third kappa shape index (κ3) is 3.37. The average Bonchev–Trinajstić information content (AvgIpc) is 3.09. The summed E-state index contributed by atoms with van der Waals surface area (Å²) in [5.41, 5.74) is 7.71. The predicted octanol–water partition coefficient (Wildman–Crippen LogP) is 2.38. The lowest BCUT2D eigenvalue weighted by molar-refractivity contribution is -0.114. The van der Waals surface area contributed by atoms with Crippen LogP contribution in [0.5, 0.6) is 0 Å². The van der Waals surface area contributed by atoms with E-state index in [1.807, 2.05) is 30.3 Å². The van der Waals surface area contributed by atoms with Crippen molar-refractivity contribution in [3.63, 3.8) is 0 Å². The van der Waals surface area contributed by atoms with E-state index in [4.69, 9.17) is 10.5 Å². The number of fused-ring (bicyclic) bond motifs is 1. The van der Waals surface area contributed by atoms with Crippen molar-refractivity contribution in [1.82, 2.24) is 14.6 Å². The zero-order valence-electron chi connectivity index (χ0n) is 15.0. The lowest BCUT2D eigenvalue weighted by atomic mass is 10.0. The van der Waals surface area contributed by atoms with Crippen molar-refractivity contribution in [2.24, 2.45) is 0 Å². The first-order valence-electron chi connectivity index (χ1n) is 8.47. The number of carbonyl (C=O) groups excluding carboxylic acids is 1. The second-order valence-electron chi connectivity index (χ2n) is 6.12. The van der Waals surface area contributed by atoms with Crippen molar-refractivity contribution in [3.8, 4) is 0 Å². The fourth-order valence-corrected chi connectivity index (χ4v) is 3.77. The summed E-state index contributed by atoms with van der Waals surface area (Å²) in [7, 11) is 1.42. The summed E-state index contributed by atoms with van der Waals surface area (Å²) in [4.78, 5) is 28.7. The van der Waals surface area contributed by atoms with Crippen molar-refractivity contribution in [2.45, 2.75) is 6.42 Å². The maximum Gasteiger partial charge on any atom is 0.283 e. The highest BCUT2D eigenvalue weighted by molar-refractivity contribution is 7.16. The number of rotatable bonds is 4. The van der Waals surface area contributed by atoms with E-state index in [0.29, 0.717) is 17.0 Å². The van der Waals surface area contributed by atoms with Gasteiger partial charge in [0.05, 0.1) is 12.7 Å². The lowest BCUT2D eigenvalue weighted by Crippen LogP contribution is -2.17. The second kappa shape index (κ2) is 7.24. The number of nitrogens with zero attached hydrogens (tertiary/aromatic N) is 3. The molecule has 0 bridgehead atoms. The predicted molar refractivity (Wildman–Crippen MR) is 108 cm³/mol. The van der Waals surface area contributed by atoms with Crippen LogP contribution in [0.25, 0.3) is 11.0 Å². The summed E-state index contributed by atoms with van der Waals surface area (Å²) in [6, 6.07) is 9.91. The fourth-order valence-electron chi connectivity index (χ4n) is 2.84. The first kappa shape index (κ1) is 17.9. The van der Waals surface area contributed by atoms with Crippen molar-refractivity contribution in [3.05, 3.63) is 86.4 Å². The molecule has 1 aromatic carbocycles. The molecule has 0 saturated heterocycles. The van der Waals surface area contributed by atoms with Gasteiger partial charge in [-0.2, -0.15) is 14.6 Å². The van der Waals surface area contributed by atoms with Crippen LogP contribution in [0.1, 0.15) is 16.1 Å². The number of ether oxygens (including phenoxy) is 1. The molecule has 0 amide bonds. The van der Waals surface area contributed by atoms with Gasteiger partial charge in [0, 0.05) is 6.42 Å². The van der Waals surface area contributed by atoms with Crippen LogP contribution >= 0.6 is 11.3 Å². The van der Waals surface area contributed by atoms with Gasteiger partial charge in [-0.1, -0.05) is 47.7 Å². The molecule has 1 aliphatic carbocycles. The van der Waals surface area contributed by atoms with Crippen LogP contribution in [0.3, 0.4) is 0 Å². The van der Waals surface area contributed by atoms with Crippen LogP contribution in [0.15, 0.2) is 64.7 Å². The Kier molecular flexibility index (Phi) is 4.62. The van der Waals surface area contributed by atoms with Crippen LogP contribution in [0, 0.1) is 0 Å². The molecule has 3 aromatic rings. The van der Waals surface area contributed by atoms with E-state index in [0.717, 1.165) is 10.6 Å². The molecule has 2 aromatic heterocycles. The fraction of sp³-hybridized carbons (Fsp3) is 0.100. The quantitative estimate of drug-likeness (QED) is 0.732. The highest BCUT2D eigenvalue weighted by Gasteiger charge is 2.16. The minimum atomic E-state index is -0.447. The lowest BCUT2D eigenvalue weighted by Gasteiger charge is -2.08. The monoisotopic (exact) mass is 392 g/mol. The van der Waals surface area contributed by atoms with Gasteiger partial charge in [0.2, 0.25) is 10.7 Å². The first-order valence-corrected chi connectivity index (χ1v) is 9.29. The Hall–Kier alpha value is -3.52. The van der Waals surface area contributed by atoms with Crippen LogP contribution in [0.4, 0.5) is 5.82 Å².